The van der Waals surface area contributed by atoms with E-state index in [0.717, 1.165) is 0 Å². The minimum Gasteiger partial charge on any atom is -0.303 e. The van der Waals surface area contributed by atoms with Gasteiger partial charge in [0.05, 0.1) is 5.37 Å². The highest BCUT2D eigenvalue weighted by Gasteiger charge is 1.98. The largest absolute Gasteiger partial charge is 0.303 e. The van der Waals surface area contributed by atoms with Gasteiger partial charge in [-0.25, -0.2) is 0 Å². The van der Waals surface area contributed by atoms with E-state index in [1.165, 1.54) is 10.8 Å². The molecule has 0 rings (SSSR count). The molecule has 0 aliphatic rings. The Labute approximate surface area is 60.4 Å². The Morgan fingerprint density at radius 2 is 1.88 bits per heavy atom. The summed E-state index contributed by atoms with van der Waals surface area (Å²) in [5.74, 6) is 0. The fraction of sp³-hybridized carbons (Fsp3) is 1.00. The molecular formula is C5H13NS2. The Kier molecular flexibility index (Phi) is 4.90. The molecule has 0 saturated heterocycles. The predicted octanol–water partition coefficient (Wildman–Crippen LogP) is 1.91. The number of nitrogens with one attached hydrogen (secondary N) is 1. The van der Waals surface area contributed by atoms with Crippen molar-refractivity contribution >= 4 is 22.5 Å². The lowest BCUT2D eigenvalue weighted by Crippen LogP contribution is -2.28. The monoisotopic (exact) mass is 151 g/mol. The topological polar surface area (TPSA) is 12.0 Å². The highest BCUT2D eigenvalue weighted by atomic mass is 33.1. The lowest BCUT2D eigenvalue weighted by molar-refractivity contribution is 0.588. The third-order valence-corrected chi connectivity index (χ3v) is 2.13. The highest BCUT2D eigenvalue weighted by molar-refractivity contribution is 8.68. The zero-order chi connectivity index (χ0) is 6.57. The maximum Gasteiger partial charge on any atom is 0.0607 e. The molecule has 0 aliphatic heterocycles. The van der Waals surface area contributed by atoms with Crippen LogP contribution in [0.4, 0.5) is 0 Å². The quantitative estimate of drug-likeness (QED) is 0.363. The fourth-order valence-corrected chi connectivity index (χ4v) is 1.02. The lowest BCUT2D eigenvalue weighted by Gasteiger charge is -2.12. The number of hydrogen-bond acceptors (Lipinski definition) is 3. The maximum atomic E-state index is 4.04. The molecule has 0 aromatic heterocycles. The Morgan fingerprint density at radius 3 is 2.00 bits per heavy atom. The molecule has 0 spiro atoms. The fourth-order valence-electron chi connectivity index (χ4n) is 0.500. The van der Waals surface area contributed by atoms with Crippen molar-refractivity contribution in [3.63, 3.8) is 0 Å². The number of hydrogen-bond donors (Lipinski definition) is 2. The predicted molar refractivity (Wildman–Crippen MR) is 44.3 cm³/mol. The van der Waals surface area contributed by atoms with Crippen LogP contribution < -0.4 is 5.32 Å². The molecule has 0 aliphatic carbocycles. The molecule has 0 radical (unpaired) electrons. The zero-order valence-corrected chi connectivity index (χ0v) is 7.22. The van der Waals surface area contributed by atoms with Gasteiger partial charge >= 0.3 is 0 Å². The second-order valence-corrected chi connectivity index (χ2v) is 3.62. The van der Waals surface area contributed by atoms with Crippen molar-refractivity contribution in [3.05, 3.63) is 0 Å². The average Bonchev–Trinajstić information content (AvgIpc) is 1.65. The molecule has 50 valence electrons. The molecule has 1 N–H and O–H groups in total. The van der Waals surface area contributed by atoms with Crippen LogP contribution in [0.5, 0.6) is 0 Å². The van der Waals surface area contributed by atoms with Crippen LogP contribution in [0.25, 0.3) is 0 Å². The Balaban J connectivity index is 3.10. The van der Waals surface area contributed by atoms with E-state index in [0.29, 0.717) is 11.4 Å². The van der Waals surface area contributed by atoms with Crippen LogP contribution in [-0.4, -0.2) is 11.4 Å². The first-order valence-corrected chi connectivity index (χ1v) is 4.66. The van der Waals surface area contributed by atoms with Gasteiger partial charge in [0.25, 0.3) is 0 Å². The van der Waals surface area contributed by atoms with Crippen LogP contribution in [0.3, 0.4) is 0 Å². The van der Waals surface area contributed by atoms with E-state index in [9.17, 15) is 0 Å². The SMILES string of the molecule is CC(C)NC(C)SS. The molecule has 0 heterocycles. The van der Waals surface area contributed by atoms with Crippen LogP contribution >= 0.6 is 22.5 Å². The van der Waals surface area contributed by atoms with Crippen LogP contribution in [0, 0.1) is 0 Å². The first-order valence-electron chi connectivity index (χ1n) is 2.73. The van der Waals surface area contributed by atoms with Gasteiger partial charge in [-0.3, -0.25) is 0 Å². The van der Waals surface area contributed by atoms with Crippen molar-refractivity contribution in [2.75, 3.05) is 0 Å². The molecule has 0 saturated carbocycles. The minimum atomic E-state index is 0.457. The van der Waals surface area contributed by atoms with E-state index < -0.39 is 0 Å². The summed E-state index contributed by atoms with van der Waals surface area (Å²) in [5.41, 5.74) is 0. The summed E-state index contributed by atoms with van der Waals surface area (Å²) in [5, 5.41) is 3.74. The van der Waals surface area contributed by atoms with Crippen molar-refractivity contribution in [3.8, 4) is 0 Å². The number of thiol groups is 1. The molecule has 3 heteroatoms. The maximum absolute atomic E-state index is 4.04. The van der Waals surface area contributed by atoms with Crippen molar-refractivity contribution < 1.29 is 0 Å². The smallest absolute Gasteiger partial charge is 0.0607 e. The second kappa shape index (κ2) is 4.53. The van der Waals surface area contributed by atoms with Gasteiger partial charge in [0.1, 0.15) is 0 Å². The molecule has 0 amide bonds. The average molecular weight is 151 g/mol. The second-order valence-electron chi connectivity index (χ2n) is 2.07. The molecule has 0 fully saturated rings. The van der Waals surface area contributed by atoms with Crippen LogP contribution in [-0.2, 0) is 0 Å². The van der Waals surface area contributed by atoms with Gasteiger partial charge < -0.3 is 5.32 Å². The minimum absolute atomic E-state index is 0.457. The van der Waals surface area contributed by atoms with Gasteiger partial charge in [0, 0.05) is 6.04 Å². The lowest BCUT2D eigenvalue weighted by atomic mass is 10.4. The van der Waals surface area contributed by atoms with Gasteiger partial charge in [-0.2, -0.15) is 0 Å². The van der Waals surface area contributed by atoms with Crippen molar-refractivity contribution in [2.45, 2.75) is 32.2 Å². The molecule has 0 bridgehead atoms. The summed E-state index contributed by atoms with van der Waals surface area (Å²) >= 11 is 4.04. The van der Waals surface area contributed by atoms with Gasteiger partial charge in [-0.05, 0) is 20.8 Å². The highest BCUT2D eigenvalue weighted by Crippen LogP contribution is 2.11. The van der Waals surface area contributed by atoms with Gasteiger partial charge in [-0.15, -0.1) is 11.7 Å². The van der Waals surface area contributed by atoms with Crippen LogP contribution in [0.2, 0.25) is 0 Å². The molecule has 1 unspecified atom stereocenters. The molecule has 1 atom stereocenters. The van der Waals surface area contributed by atoms with Crippen molar-refractivity contribution in [2.24, 2.45) is 0 Å². The molecule has 8 heavy (non-hydrogen) atoms. The van der Waals surface area contributed by atoms with E-state index in [1.54, 1.807) is 0 Å². The van der Waals surface area contributed by atoms with E-state index in [1.807, 2.05) is 0 Å². The number of rotatable bonds is 3. The van der Waals surface area contributed by atoms with E-state index in [-0.39, 0.29) is 0 Å². The van der Waals surface area contributed by atoms with Crippen molar-refractivity contribution in [1.29, 1.82) is 0 Å². The van der Waals surface area contributed by atoms with E-state index in [4.69, 9.17) is 0 Å². The molecular weight excluding hydrogens is 138 g/mol. The van der Waals surface area contributed by atoms with Crippen molar-refractivity contribution in [1.82, 2.24) is 5.32 Å². The summed E-state index contributed by atoms with van der Waals surface area (Å²) < 4.78 is 0. The first kappa shape index (κ1) is 8.66. The van der Waals surface area contributed by atoms with Crippen LogP contribution in [0.15, 0.2) is 0 Å². The summed E-state index contributed by atoms with van der Waals surface area (Å²) in [6.45, 7) is 6.35. The summed E-state index contributed by atoms with van der Waals surface area (Å²) in [6.07, 6.45) is 0. The Hall–Kier alpha value is 0.660. The summed E-state index contributed by atoms with van der Waals surface area (Å²) in [4.78, 5) is 0. The zero-order valence-electron chi connectivity index (χ0n) is 5.51. The standard InChI is InChI=1S/C5H13NS2/c1-4(2)6-5(3)8-7/h4-7H,1-3H3. The third kappa shape index (κ3) is 4.81. The summed E-state index contributed by atoms with van der Waals surface area (Å²) in [7, 11) is 1.54. The molecule has 0 aromatic carbocycles. The van der Waals surface area contributed by atoms with Gasteiger partial charge in [0.2, 0.25) is 0 Å². The third-order valence-electron chi connectivity index (χ3n) is 0.726. The van der Waals surface area contributed by atoms with E-state index >= 15 is 0 Å². The molecule has 0 aromatic rings. The first-order chi connectivity index (χ1) is 3.66. The summed E-state index contributed by atoms with van der Waals surface area (Å²) in [6, 6.07) is 0.560. The van der Waals surface area contributed by atoms with Crippen LogP contribution in [0.1, 0.15) is 20.8 Å². The Morgan fingerprint density at radius 1 is 1.38 bits per heavy atom. The molecule has 1 nitrogen and oxygen atoms in total. The van der Waals surface area contributed by atoms with Gasteiger partial charge in [-0.1, -0.05) is 10.8 Å². The van der Waals surface area contributed by atoms with Gasteiger partial charge in [0.15, 0.2) is 0 Å². The van der Waals surface area contributed by atoms with E-state index in [2.05, 4.69) is 37.7 Å². The Bertz CT molecular complexity index is 56.4. The normalized spacial score (nSPS) is 14.6.